The van der Waals surface area contributed by atoms with Gasteiger partial charge in [-0.25, -0.2) is 9.98 Å². The molecule has 1 atom stereocenters. The second-order valence-electron chi connectivity index (χ2n) is 8.99. The molecule has 32 heavy (non-hydrogen) atoms. The first-order valence-corrected chi connectivity index (χ1v) is 10.7. The molecule has 1 fully saturated rings. The summed E-state index contributed by atoms with van der Waals surface area (Å²) in [6.45, 7) is 9.66. The molecule has 3 heterocycles. The van der Waals surface area contributed by atoms with E-state index in [1.54, 1.807) is 0 Å². The molecule has 0 spiro atoms. The quantitative estimate of drug-likeness (QED) is 0.637. The predicted octanol–water partition coefficient (Wildman–Crippen LogP) is 2.78. The molecule has 1 saturated heterocycles. The van der Waals surface area contributed by atoms with Crippen LogP contribution in [0.5, 0.6) is 11.9 Å². The molecule has 0 aromatic carbocycles. The lowest BCUT2D eigenvalue weighted by molar-refractivity contribution is -0.113. The Morgan fingerprint density at radius 3 is 2.66 bits per heavy atom. The minimum absolute atomic E-state index is 0.133. The Morgan fingerprint density at radius 1 is 1.19 bits per heavy atom. The molecule has 0 radical (unpaired) electrons. The van der Waals surface area contributed by atoms with E-state index in [2.05, 4.69) is 25.2 Å². The minimum Gasteiger partial charge on any atom is -0.493 e. The Hall–Kier alpha value is -2.40. The molecule has 0 saturated carbocycles. The van der Waals surface area contributed by atoms with Crippen molar-refractivity contribution in [1.29, 1.82) is 0 Å². The summed E-state index contributed by atoms with van der Waals surface area (Å²) in [4.78, 5) is 16.6. The highest BCUT2D eigenvalue weighted by Gasteiger charge is 2.51. The number of nitrogens with one attached hydrogen (secondary N) is 1. The number of aliphatic imine (C=N–C) groups is 1. The minimum atomic E-state index is -4.46. The van der Waals surface area contributed by atoms with Crippen molar-refractivity contribution in [3.05, 3.63) is 24.0 Å². The van der Waals surface area contributed by atoms with Crippen LogP contribution < -0.4 is 10.1 Å². The van der Waals surface area contributed by atoms with Crippen molar-refractivity contribution in [1.82, 2.24) is 25.1 Å². The SMILES string of the molecule is CC(C)(C)C1(N2CCCN(CCCOc3nccc(O)n3)CC2)N=CC=C(C(F)(F)F)N1. The molecule has 11 heteroatoms. The van der Waals surface area contributed by atoms with Crippen LogP contribution in [0.3, 0.4) is 0 Å². The Balaban J connectivity index is 1.58. The number of hydrogen-bond donors (Lipinski definition) is 2. The summed E-state index contributed by atoms with van der Waals surface area (Å²) in [7, 11) is 0. The van der Waals surface area contributed by atoms with Crippen molar-refractivity contribution in [2.45, 2.75) is 45.6 Å². The molecule has 0 aliphatic carbocycles. The number of alkyl halides is 3. The molecule has 8 nitrogen and oxygen atoms in total. The van der Waals surface area contributed by atoms with E-state index in [4.69, 9.17) is 4.74 Å². The Kier molecular flexibility index (Phi) is 7.29. The second kappa shape index (κ2) is 9.62. The number of rotatable bonds is 6. The van der Waals surface area contributed by atoms with Crippen molar-refractivity contribution in [3.8, 4) is 11.9 Å². The standard InChI is InChI=1S/C21H31F3N6O2/c1-19(2,3)21(26-9-6-16(28-21)20(22,23)24)30-12-4-10-29(13-14-30)11-5-15-32-18-25-8-7-17(31)27-18/h6-9,28H,4-5,10-15H2,1-3H3,(H,25,27,31). The number of halogens is 3. The highest BCUT2D eigenvalue weighted by Crippen LogP contribution is 2.40. The van der Waals surface area contributed by atoms with Crippen LogP contribution in [0.25, 0.3) is 0 Å². The second-order valence-corrected chi connectivity index (χ2v) is 8.99. The van der Waals surface area contributed by atoms with Gasteiger partial charge in [-0.2, -0.15) is 18.2 Å². The van der Waals surface area contributed by atoms with Crippen molar-refractivity contribution in [2.24, 2.45) is 10.4 Å². The van der Waals surface area contributed by atoms with Gasteiger partial charge in [-0.15, -0.1) is 0 Å². The lowest BCUT2D eigenvalue weighted by Gasteiger charge is -2.51. The van der Waals surface area contributed by atoms with Gasteiger partial charge in [0.25, 0.3) is 0 Å². The molecule has 2 aliphatic heterocycles. The summed E-state index contributed by atoms with van der Waals surface area (Å²) in [5, 5.41) is 12.1. The van der Waals surface area contributed by atoms with Crippen molar-refractivity contribution < 1.29 is 23.0 Å². The lowest BCUT2D eigenvalue weighted by Crippen LogP contribution is -2.67. The van der Waals surface area contributed by atoms with Crippen LogP contribution in [-0.4, -0.2) is 82.4 Å². The van der Waals surface area contributed by atoms with Gasteiger partial charge in [0, 0.05) is 50.1 Å². The number of allylic oxidation sites excluding steroid dienone is 2. The predicted molar refractivity (Wildman–Crippen MR) is 114 cm³/mol. The van der Waals surface area contributed by atoms with Gasteiger partial charge in [-0.3, -0.25) is 4.90 Å². The number of hydrogen-bond acceptors (Lipinski definition) is 8. The van der Waals surface area contributed by atoms with Gasteiger partial charge in [0.2, 0.25) is 5.88 Å². The molecule has 1 aromatic rings. The first kappa shape index (κ1) is 24.2. The molecular weight excluding hydrogens is 425 g/mol. The summed E-state index contributed by atoms with van der Waals surface area (Å²) >= 11 is 0. The van der Waals surface area contributed by atoms with E-state index in [1.165, 1.54) is 18.5 Å². The van der Waals surface area contributed by atoms with E-state index in [1.807, 2.05) is 25.7 Å². The Bertz CT molecular complexity index is 840. The van der Waals surface area contributed by atoms with Crippen LogP contribution in [0.1, 0.15) is 33.6 Å². The van der Waals surface area contributed by atoms with Crippen molar-refractivity contribution in [2.75, 3.05) is 39.3 Å². The first-order valence-electron chi connectivity index (χ1n) is 10.7. The Morgan fingerprint density at radius 2 is 1.97 bits per heavy atom. The maximum absolute atomic E-state index is 13.4. The molecular formula is C21H31F3N6O2. The molecule has 0 amide bonds. The van der Waals surface area contributed by atoms with Crippen LogP contribution in [0.2, 0.25) is 0 Å². The summed E-state index contributed by atoms with van der Waals surface area (Å²) < 4.78 is 45.8. The van der Waals surface area contributed by atoms with Crippen molar-refractivity contribution in [3.63, 3.8) is 0 Å². The largest absolute Gasteiger partial charge is 0.493 e. The third-order valence-electron chi connectivity index (χ3n) is 5.68. The molecule has 178 valence electrons. The van der Waals surface area contributed by atoms with Gasteiger partial charge >= 0.3 is 12.2 Å². The monoisotopic (exact) mass is 456 g/mol. The maximum Gasteiger partial charge on any atom is 0.431 e. The fraction of sp³-hybridized carbons (Fsp3) is 0.667. The molecule has 2 aliphatic rings. The summed E-state index contributed by atoms with van der Waals surface area (Å²) in [5.41, 5.74) is -1.34. The van der Waals surface area contributed by atoms with Gasteiger partial charge in [0.05, 0.1) is 6.61 Å². The fourth-order valence-corrected chi connectivity index (χ4v) is 4.03. The zero-order valence-electron chi connectivity index (χ0n) is 18.7. The number of aromatic nitrogens is 2. The molecule has 2 N–H and O–H groups in total. The Labute approximate surface area is 186 Å². The molecule has 3 rings (SSSR count). The summed E-state index contributed by atoms with van der Waals surface area (Å²) in [6, 6.07) is 1.51. The highest BCUT2D eigenvalue weighted by molar-refractivity contribution is 5.74. The zero-order valence-corrected chi connectivity index (χ0v) is 18.7. The van der Waals surface area contributed by atoms with Crippen LogP contribution in [0, 0.1) is 5.41 Å². The number of ether oxygens (including phenoxy) is 1. The van der Waals surface area contributed by atoms with Crippen LogP contribution >= 0.6 is 0 Å². The summed E-state index contributed by atoms with van der Waals surface area (Å²) in [6.07, 6.45) is 0.781. The van der Waals surface area contributed by atoms with Gasteiger partial charge in [-0.1, -0.05) is 20.8 Å². The van der Waals surface area contributed by atoms with E-state index in [0.29, 0.717) is 26.2 Å². The topological polar surface area (TPSA) is 86.1 Å². The van der Waals surface area contributed by atoms with Gasteiger partial charge < -0.3 is 20.1 Å². The van der Waals surface area contributed by atoms with Crippen LogP contribution in [-0.2, 0) is 0 Å². The molecule has 0 bridgehead atoms. The van der Waals surface area contributed by atoms with Gasteiger partial charge in [-0.05, 0) is 25.5 Å². The number of aromatic hydroxyl groups is 1. The van der Waals surface area contributed by atoms with Crippen LogP contribution in [0.15, 0.2) is 29.0 Å². The first-order chi connectivity index (χ1) is 15.0. The van der Waals surface area contributed by atoms with Gasteiger partial charge in [0.15, 0.2) is 5.79 Å². The third kappa shape index (κ3) is 5.69. The van der Waals surface area contributed by atoms with E-state index < -0.39 is 23.1 Å². The number of nitrogens with zero attached hydrogens (tertiary/aromatic N) is 5. The van der Waals surface area contributed by atoms with Crippen molar-refractivity contribution >= 4 is 6.21 Å². The smallest absolute Gasteiger partial charge is 0.431 e. The maximum atomic E-state index is 13.4. The van der Waals surface area contributed by atoms with E-state index in [-0.39, 0.29) is 11.9 Å². The highest BCUT2D eigenvalue weighted by atomic mass is 19.4. The third-order valence-corrected chi connectivity index (χ3v) is 5.68. The normalized spacial score (nSPS) is 23.4. The van der Waals surface area contributed by atoms with E-state index in [0.717, 1.165) is 32.0 Å². The molecule has 1 unspecified atom stereocenters. The average Bonchev–Trinajstić information content (AvgIpc) is 2.96. The van der Waals surface area contributed by atoms with Gasteiger partial charge in [0.1, 0.15) is 5.70 Å². The van der Waals surface area contributed by atoms with E-state index in [9.17, 15) is 18.3 Å². The van der Waals surface area contributed by atoms with Crippen LogP contribution in [0.4, 0.5) is 13.2 Å². The summed E-state index contributed by atoms with van der Waals surface area (Å²) in [5.74, 6) is -1.31. The fourth-order valence-electron chi connectivity index (χ4n) is 4.03. The average molecular weight is 457 g/mol. The molecule has 1 aromatic heterocycles. The lowest BCUT2D eigenvalue weighted by atomic mass is 9.84. The zero-order chi connectivity index (χ0) is 23.4. The van der Waals surface area contributed by atoms with E-state index >= 15 is 0 Å².